The van der Waals surface area contributed by atoms with Gasteiger partial charge in [-0.15, -0.1) is 0 Å². The number of nitrogens with one attached hydrogen (secondary N) is 1. The van der Waals surface area contributed by atoms with Gasteiger partial charge < -0.3 is 10.2 Å². The van der Waals surface area contributed by atoms with Crippen molar-refractivity contribution in [1.29, 1.82) is 0 Å². The summed E-state index contributed by atoms with van der Waals surface area (Å²) in [5.41, 5.74) is 0.0561. The second-order valence-electron chi connectivity index (χ2n) is 4.57. The summed E-state index contributed by atoms with van der Waals surface area (Å²) in [7, 11) is 1.67. The maximum Gasteiger partial charge on any atom is 0.254 e. The number of piperidine rings is 1. The fourth-order valence-corrected chi connectivity index (χ4v) is 2.21. The number of amides is 1. The third-order valence-electron chi connectivity index (χ3n) is 3.25. The predicted octanol–water partition coefficient (Wildman–Crippen LogP) is 1.79. The number of hydrogen-bond donors (Lipinski definition) is 1. The minimum absolute atomic E-state index is 0.0561. The molecule has 3 nitrogen and oxygen atoms in total. The second-order valence-corrected chi connectivity index (χ2v) is 4.57. The van der Waals surface area contributed by atoms with Crippen LogP contribution in [0.15, 0.2) is 18.2 Å². The fraction of sp³-hybridized carbons (Fsp3) is 0.462. The van der Waals surface area contributed by atoms with E-state index in [4.69, 9.17) is 0 Å². The molecular formula is C13H16F2N2O. The monoisotopic (exact) mass is 254 g/mol. The molecule has 0 radical (unpaired) electrons. The van der Waals surface area contributed by atoms with Crippen molar-refractivity contribution < 1.29 is 13.6 Å². The van der Waals surface area contributed by atoms with Crippen LogP contribution in [0.1, 0.15) is 23.2 Å². The Bertz CT molecular complexity index is 424. The highest BCUT2D eigenvalue weighted by Gasteiger charge is 2.23. The van der Waals surface area contributed by atoms with Gasteiger partial charge in [0.15, 0.2) is 0 Å². The lowest BCUT2D eigenvalue weighted by molar-refractivity contribution is 0.0707. The van der Waals surface area contributed by atoms with Crippen molar-refractivity contribution >= 4 is 5.91 Å². The van der Waals surface area contributed by atoms with Gasteiger partial charge in [0.05, 0.1) is 0 Å². The highest BCUT2D eigenvalue weighted by atomic mass is 19.1. The summed E-state index contributed by atoms with van der Waals surface area (Å²) in [6.45, 7) is 1.67. The number of likely N-dealkylation sites (N-methyl/N-ethyl adjacent to an activating group) is 1. The van der Waals surface area contributed by atoms with Crippen LogP contribution in [0.4, 0.5) is 8.78 Å². The molecule has 1 aromatic carbocycles. The first-order valence-corrected chi connectivity index (χ1v) is 6.02. The molecule has 0 bridgehead atoms. The van der Waals surface area contributed by atoms with Gasteiger partial charge in [-0.25, -0.2) is 8.78 Å². The fourth-order valence-electron chi connectivity index (χ4n) is 2.21. The molecule has 1 atom stereocenters. The average molecular weight is 254 g/mol. The predicted molar refractivity (Wildman–Crippen MR) is 64.3 cm³/mol. The zero-order chi connectivity index (χ0) is 13.1. The van der Waals surface area contributed by atoms with Crippen molar-refractivity contribution in [2.75, 3.05) is 20.1 Å². The lowest BCUT2D eigenvalue weighted by Crippen LogP contribution is -2.46. The first-order valence-electron chi connectivity index (χ1n) is 6.02. The van der Waals surface area contributed by atoms with Crippen LogP contribution in [0.5, 0.6) is 0 Å². The van der Waals surface area contributed by atoms with E-state index in [9.17, 15) is 13.6 Å². The summed E-state index contributed by atoms with van der Waals surface area (Å²) in [4.78, 5) is 13.7. The van der Waals surface area contributed by atoms with E-state index in [-0.39, 0.29) is 17.5 Å². The maximum absolute atomic E-state index is 13.1. The molecule has 0 saturated carbocycles. The van der Waals surface area contributed by atoms with Crippen molar-refractivity contribution in [2.24, 2.45) is 0 Å². The van der Waals surface area contributed by atoms with Gasteiger partial charge in [-0.2, -0.15) is 0 Å². The largest absolute Gasteiger partial charge is 0.337 e. The summed E-state index contributed by atoms with van der Waals surface area (Å²) >= 11 is 0. The summed E-state index contributed by atoms with van der Waals surface area (Å²) in [5, 5.41) is 3.20. The molecule has 98 valence electrons. The first-order chi connectivity index (χ1) is 8.58. The van der Waals surface area contributed by atoms with Gasteiger partial charge in [-0.05, 0) is 31.5 Å². The zero-order valence-corrected chi connectivity index (χ0v) is 10.2. The van der Waals surface area contributed by atoms with Crippen molar-refractivity contribution in [3.05, 3.63) is 35.4 Å². The van der Waals surface area contributed by atoms with Crippen LogP contribution in [-0.2, 0) is 0 Å². The normalized spacial score (nSPS) is 19.6. The Kier molecular flexibility index (Phi) is 3.91. The highest BCUT2D eigenvalue weighted by Crippen LogP contribution is 2.14. The second kappa shape index (κ2) is 5.44. The molecule has 1 heterocycles. The summed E-state index contributed by atoms with van der Waals surface area (Å²) in [6, 6.07) is 2.98. The summed E-state index contributed by atoms with van der Waals surface area (Å²) < 4.78 is 26.1. The average Bonchev–Trinajstić information content (AvgIpc) is 2.37. The third-order valence-corrected chi connectivity index (χ3v) is 3.25. The minimum atomic E-state index is -0.728. The molecule has 1 aliphatic rings. The number of carbonyl (C=O) groups excluding carboxylic acids is 1. The van der Waals surface area contributed by atoms with E-state index in [1.54, 1.807) is 11.9 Å². The molecule has 1 fully saturated rings. The van der Waals surface area contributed by atoms with Crippen LogP contribution >= 0.6 is 0 Å². The van der Waals surface area contributed by atoms with Crippen LogP contribution < -0.4 is 5.32 Å². The van der Waals surface area contributed by atoms with Gasteiger partial charge >= 0.3 is 0 Å². The van der Waals surface area contributed by atoms with Gasteiger partial charge in [-0.1, -0.05) is 0 Å². The number of benzene rings is 1. The smallest absolute Gasteiger partial charge is 0.254 e. The lowest BCUT2D eigenvalue weighted by Gasteiger charge is -2.31. The Labute approximate surface area is 105 Å². The molecule has 1 amide bonds. The maximum atomic E-state index is 13.1. The minimum Gasteiger partial charge on any atom is -0.337 e. The molecule has 1 N–H and O–H groups in total. The first kappa shape index (κ1) is 13.0. The van der Waals surface area contributed by atoms with E-state index < -0.39 is 11.6 Å². The van der Waals surface area contributed by atoms with E-state index >= 15 is 0 Å². The Morgan fingerprint density at radius 3 is 2.56 bits per heavy atom. The van der Waals surface area contributed by atoms with Crippen LogP contribution in [-0.4, -0.2) is 37.0 Å². The molecule has 2 rings (SSSR count). The van der Waals surface area contributed by atoms with Crippen molar-refractivity contribution in [3.8, 4) is 0 Å². The van der Waals surface area contributed by atoms with E-state index in [0.29, 0.717) is 0 Å². The van der Waals surface area contributed by atoms with Crippen LogP contribution in [0.2, 0.25) is 0 Å². The Morgan fingerprint density at radius 1 is 1.33 bits per heavy atom. The summed E-state index contributed by atoms with van der Waals surface area (Å²) in [5.74, 6) is -1.80. The van der Waals surface area contributed by atoms with E-state index in [1.807, 2.05) is 0 Å². The third kappa shape index (κ3) is 2.85. The quantitative estimate of drug-likeness (QED) is 0.872. The van der Waals surface area contributed by atoms with E-state index in [2.05, 4.69) is 5.32 Å². The highest BCUT2D eigenvalue weighted by molar-refractivity contribution is 5.94. The molecule has 0 spiro atoms. The van der Waals surface area contributed by atoms with Crippen LogP contribution in [0, 0.1) is 11.6 Å². The SMILES string of the molecule is CN(C(=O)c1cc(F)cc(F)c1)[C@@H]1CCCNC1. The molecule has 1 aliphatic heterocycles. The van der Waals surface area contributed by atoms with Crippen molar-refractivity contribution in [3.63, 3.8) is 0 Å². The standard InChI is InChI=1S/C13H16F2N2O/c1-17(12-3-2-4-16-8-12)13(18)9-5-10(14)7-11(15)6-9/h5-7,12,16H,2-4,8H2,1H3/t12-/m1/s1. The summed E-state index contributed by atoms with van der Waals surface area (Å²) in [6.07, 6.45) is 1.91. The zero-order valence-electron chi connectivity index (χ0n) is 10.2. The lowest BCUT2D eigenvalue weighted by atomic mass is 10.1. The van der Waals surface area contributed by atoms with Crippen molar-refractivity contribution in [1.82, 2.24) is 10.2 Å². The Hall–Kier alpha value is -1.49. The number of carbonyl (C=O) groups is 1. The number of halogens is 2. The van der Waals surface area contributed by atoms with Crippen LogP contribution in [0.25, 0.3) is 0 Å². The van der Waals surface area contributed by atoms with Gasteiger partial charge in [0.2, 0.25) is 0 Å². The van der Waals surface area contributed by atoms with Gasteiger partial charge in [-0.3, -0.25) is 4.79 Å². The number of nitrogens with zero attached hydrogens (tertiary/aromatic N) is 1. The van der Waals surface area contributed by atoms with Gasteiger partial charge in [0, 0.05) is 31.3 Å². The molecule has 1 saturated heterocycles. The Balaban J connectivity index is 2.14. The molecule has 0 unspecified atom stereocenters. The van der Waals surface area contributed by atoms with Crippen molar-refractivity contribution in [2.45, 2.75) is 18.9 Å². The van der Waals surface area contributed by atoms with E-state index in [0.717, 1.165) is 44.1 Å². The molecule has 18 heavy (non-hydrogen) atoms. The van der Waals surface area contributed by atoms with Gasteiger partial charge in [0.1, 0.15) is 11.6 Å². The number of rotatable bonds is 2. The van der Waals surface area contributed by atoms with Crippen LogP contribution in [0.3, 0.4) is 0 Å². The van der Waals surface area contributed by atoms with E-state index in [1.165, 1.54) is 0 Å². The topological polar surface area (TPSA) is 32.3 Å². The molecule has 0 aliphatic carbocycles. The Morgan fingerprint density at radius 2 is 2.00 bits per heavy atom. The molecule has 5 heteroatoms. The number of hydrogen-bond acceptors (Lipinski definition) is 2. The van der Waals surface area contributed by atoms with Gasteiger partial charge in [0.25, 0.3) is 5.91 Å². The molecule has 1 aromatic rings. The molecular weight excluding hydrogens is 238 g/mol. The molecule has 0 aromatic heterocycles.